The fraction of sp³-hybridized carbons (Fsp3) is 0.714. The second-order valence-corrected chi connectivity index (χ2v) is 5.87. The molecule has 0 spiro atoms. The van der Waals surface area contributed by atoms with E-state index in [2.05, 4.69) is 33.2 Å². The average molecular weight is 296 g/mol. The lowest BCUT2D eigenvalue weighted by molar-refractivity contribution is 0.128. The number of rotatable bonds is 6. The molecule has 0 atom stereocenters. The minimum Gasteiger partial charge on any atom is -0.374 e. The highest BCUT2D eigenvalue weighted by molar-refractivity contribution is 7.99. The second-order valence-electron chi connectivity index (χ2n) is 4.65. The summed E-state index contributed by atoms with van der Waals surface area (Å²) in [6.45, 7) is 8.22. The van der Waals surface area contributed by atoms with Gasteiger partial charge in [-0.3, -0.25) is 0 Å². The smallest absolute Gasteiger partial charge is 0.158 e. The van der Waals surface area contributed by atoms with E-state index < -0.39 is 0 Å². The minimum atomic E-state index is 0.478. The van der Waals surface area contributed by atoms with Crippen LogP contribution in [0.4, 0.5) is 11.6 Å². The molecule has 1 aliphatic rings. The first-order valence-corrected chi connectivity index (χ1v) is 8.51. The molecule has 1 fully saturated rings. The monoisotopic (exact) mass is 296 g/mol. The van der Waals surface area contributed by atoms with Crippen molar-refractivity contribution in [3.63, 3.8) is 0 Å². The number of nitrogens with one attached hydrogen (secondary N) is 1. The van der Waals surface area contributed by atoms with E-state index in [4.69, 9.17) is 4.74 Å². The molecule has 20 heavy (non-hydrogen) atoms. The van der Waals surface area contributed by atoms with Crippen molar-refractivity contribution in [2.45, 2.75) is 26.9 Å². The number of ether oxygens (including phenoxy) is 1. The summed E-state index contributed by atoms with van der Waals surface area (Å²) in [5, 5.41) is 3.28. The number of hydrogen-bond donors (Lipinski definition) is 1. The largest absolute Gasteiger partial charge is 0.374 e. The Hall–Kier alpha value is -1.01. The number of hydrogen-bond acceptors (Lipinski definition) is 6. The highest BCUT2D eigenvalue weighted by atomic mass is 32.2. The predicted octanol–water partition coefficient (Wildman–Crippen LogP) is 2.39. The van der Waals surface area contributed by atoms with Gasteiger partial charge in [-0.25, -0.2) is 9.97 Å². The molecule has 0 aliphatic carbocycles. The summed E-state index contributed by atoms with van der Waals surface area (Å²) in [6, 6.07) is 2.05. The fourth-order valence-electron chi connectivity index (χ4n) is 2.15. The zero-order chi connectivity index (χ0) is 14.2. The molecule has 5 nitrogen and oxygen atoms in total. The van der Waals surface area contributed by atoms with Gasteiger partial charge in [0.15, 0.2) is 5.82 Å². The van der Waals surface area contributed by atoms with Crippen LogP contribution in [-0.4, -0.2) is 47.7 Å². The van der Waals surface area contributed by atoms with Gasteiger partial charge in [0.2, 0.25) is 0 Å². The van der Waals surface area contributed by atoms with Gasteiger partial charge in [-0.15, -0.1) is 0 Å². The maximum Gasteiger partial charge on any atom is 0.158 e. The molecule has 1 aliphatic heterocycles. The van der Waals surface area contributed by atoms with Crippen molar-refractivity contribution in [2.75, 3.05) is 48.0 Å². The number of nitrogens with zero attached hydrogens (tertiary/aromatic N) is 3. The molecule has 2 rings (SSSR count). The summed E-state index contributed by atoms with van der Waals surface area (Å²) < 4.78 is 5.44. The summed E-state index contributed by atoms with van der Waals surface area (Å²) in [7, 11) is 0. The first-order valence-electron chi connectivity index (χ1n) is 7.35. The van der Waals surface area contributed by atoms with Crippen molar-refractivity contribution in [1.82, 2.24) is 9.97 Å². The highest BCUT2D eigenvalue weighted by Crippen LogP contribution is 2.20. The van der Waals surface area contributed by atoms with Crippen molar-refractivity contribution < 1.29 is 4.74 Å². The van der Waals surface area contributed by atoms with E-state index in [-0.39, 0.29) is 0 Å². The van der Waals surface area contributed by atoms with Gasteiger partial charge < -0.3 is 15.0 Å². The van der Waals surface area contributed by atoms with E-state index in [1.165, 1.54) is 17.9 Å². The third-order valence-electron chi connectivity index (χ3n) is 3.10. The summed E-state index contributed by atoms with van der Waals surface area (Å²) in [5.41, 5.74) is 0. The Morgan fingerprint density at radius 1 is 1.30 bits per heavy atom. The normalized spacial score (nSPS) is 16.0. The lowest BCUT2D eigenvalue weighted by Gasteiger charge is -2.22. The van der Waals surface area contributed by atoms with Gasteiger partial charge in [0, 0.05) is 38.1 Å². The van der Waals surface area contributed by atoms with Crippen LogP contribution in [0.5, 0.6) is 0 Å². The van der Waals surface area contributed by atoms with E-state index in [1.807, 2.05) is 18.7 Å². The topological polar surface area (TPSA) is 50.3 Å². The zero-order valence-electron chi connectivity index (χ0n) is 12.4. The van der Waals surface area contributed by atoms with Crippen LogP contribution in [0.1, 0.15) is 26.1 Å². The minimum absolute atomic E-state index is 0.478. The maximum absolute atomic E-state index is 5.44. The summed E-state index contributed by atoms with van der Waals surface area (Å²) >= 11 is 2.02. The Kier molecular flexibility index (Phi) is 6.39. The van der Waals surface area contributed by atoms with E-state index >= 15 is 0 Å². The molecule has 0 unspecified atom stereocenters. The van der Waals surface area contributed by atoms with Gasteiger partial charge in [-0.1, -0.05) is 0 Å². The Morgan fingerprint density at radius 3 is 3.00 bits per heavy atom. The van der Waals surface area contributed by atoms with Crippen LogP contribution in [-0.2, 0) is 11.3 Å². The van der Waals surface area contributed by atoms with Crippen molar-refractivity contribution >= 4 is 23.4 Å². The molecule has 2 heterocycles. The first-order chi connectivity index (χ1) is 9.83. The maximum atomic E-state index is 5.44. The Balaban J connectivity index is 2.17. The Bertz CT molecular complexity index is 408. The van der Waals surface area contributed by atoms with Gasteiger partial charge in [0.05, 0.1) is 0 Å². The fourth-order valence-corrected chi connectivity index (χ4v) is 3.04. The van der Waals surface area contributed by atoms with E-state index in [0.29, 0.717) is 13.2 Å². The van der Waals surface area contributed by atoms with Crippen molar-refractivity contribution in [2.24, 2.45) is 0 Å². The molecule has 1 aromatic rings. The van der Waals surface area contributed by atoms with Crippen LogP contribution in [0.15, 0.2) is 6.07 Å². The van der Waals surface area contributed by atoms with Crippen molar-refractivity contribution in [1.29, 1.82) is 0 Å². The summed E-state index contributed by atoms with van der Waals surface area (Å²) in [5.74, 6) is 5.09. The molecule has 112 valence electrons. The quantitative estimate of drug-likeness (QED) is 0.870. The standard InChI is InChI=1S/C14H24N4OS/c1-3-15-12-10-14(17-13(16-12)11-19-4-2)18-6-5-8-20-9-7-18/h10H,3-9,11H2,1-2H3,(H,15,16,17). The summed E-state index contributed by atoms with van der Waals surface area (Å²) in [4.78, 5) is 11.5. The van der Waals surface area contributed by atoms with Gasteiger partial charge in [-0.05, 0) is 26.0 Å². The molecule has 1 N–H and O–H groups in total. The van der Waals surface area contributed by atoms with E-state index in [1.54, 1.807) is 0 Å². The molecule has 0 bridgehead atoms. The second kappa shape index (κ2) is 8.32. The van der Waals surface area contributed by atoms with Crippen LogP contribution in [0.3, 0.4) is 0 Å². The van der Waals surface area contributed by atoms with Gasteiger partial charge >= 0.3 is 0 Å². The third-order valence-corrected chi connectivity index (χ3v) is 4.15. The molecule has 0 radical (unpaired) electrons. The molecular formula is C14H24N4OS. The van der Waals surface area contributed by atoms with Crippen LogP contribution in [0.25, 0.3) is 0 Å². The molecule has 0 saturated carbocycles. The lowest BCUT2D eigenvalue weighted by Crippen LogP contribution is -2.27. The lowest BCUT2D eigenvalue weighted by atomic mass is 10.3. The molecule has 6 heteroatoms. The predicted molar refractivity (Wildman–Crippen MR) is 85.7 cm³/mol. The highest BCUT2D eigenvalue weighted by Gasteiger charge is 2.14. The molecule has 1 aromatic heterocycles. The van der Waals surface area contributed by atoms with Crippen LogP contribution < -0.4 is 10.2 Å². The molecule has 0 aromatic carbocycles. The van der Waals surface area contributed by atoms with E-state index in [0.717, 1.165) is 37.1 Å². The third kappa shape index (κ3) is 4.52. The van der Waals surface area contributed by atoms with Crippen LogP contribution in [0, 0.1) is 0 Å². The Morgan fingerprint density at radius 2 is 2.20 bits per heavy atom. The zero-order valence-corrected chi connectivity index (χ0v) is 13.2. The van der Waals surface area contributed by atoms with E-state index in [9.17, 15) is 0 Å². The number of thioether (sulfide) groups is 1. The van der Waals surface area contributed by atoms with Crippen molar-refractivity contribution in [3.8, 4) is 0 Å². The first kappa shape index (κ1) is 15.4. The summed E-state index contributed by atoms with van der Waals surface area (Å²) in [6.07, 6.45) is 1.21. The van der Waals surface area contributed by atoms with Gasteiger partial charge in [0.25, 0.3) is 0 Å². The van der Waals surface area contributed by atoms with Crippen molar-refractivity contribution in [3.05, 3.63) is 11.9 Å². The van der Waals surface area contributed by atoms with Gasteiger partial charge in [-0.2, -0.15) is 11.8 Å². The number of aromatic nitrogens is 2. The molecular weight excluding hydrogens is 272 g/mol. The number of anilines is 2. The molecule has 1 saturated heterocycles. The van der Waals surface area contributed by atoms with Crippen LogP contribution in [0.2, 0.25) is 0 Å². The van der Waals surface area contributed by atoms with Crippen LogP contribution >= 0.6 is 11.8 Å². The average Bonchev–Trinajstić information content (AvgIpc) is 2.74. The SMILES string of the molecule is CCNc1cc(N2CCCSCC2)nc(COCC)n1. The Labute approximate surface area is 125 Å². The van der Waals surface area contributed by atoms with Gasteiger partial charge in [0.1, 0.15) is 18.2 Å². The molecule has 0 amide bonds.